The number of hydrazone groups is 1. The van der Waals surface area contributed by atoms with Crippen molar-refractivity contribution in [3.05, 3.63) is 84.2 Å². The molecule has 0 aliphatic heterocycles. The van der Waals surface area contributed by atoms with Crippen molar-refractivity contribution in [3.63, 3.8) is 0 Å². The van der Waals surface area contributed by atoms with Gasteiger partial charge in [-0.25, -0.2) is 5.43 Å². The molecule has 0 saturated heterocycles. The van der Waals surface area contributed by atoms with Crippen LogP contribution in [-0.2, 0) is 0 Å². The molecular formula is C20H17N3O2. The average molecular weight is 331 g/mol. The number of carbonyl (C=O) groups excluding carboxylic acids is 1. The van der Waals surface area contributed by atoms with Gasteiger partial charge in [-0.15, -0.1) is 0 Å². The first-order valence-electron chi connectivity index (χ1n) is 7.74. The van der Waals surface area contributed by atoms with Crippen LogP contribution in [0.4, 0.5) is 0 Å². The number of amides is 1. The van der Waals surface area contributed by atoms with E-state index < -0.39 is 0 Å². The predicted molar refractivity (Wildman–Crippen MR) is 97.7 cm³/mol. The number of nitrogens with one attached hydrogen (secondary N) is 1. The van der Waals surface area contributed by atoms with Crippen LogP contribution in [0.1, 0.15) is 15.9 Å². The fraction of sp³-hybridized carbons (Fsp3) is 0.0500. The Hall–Kier alpha value is -3.47. The molecule has 5 nitrogen and oxygen atoms in total. The van der Waals surface area contributed by atoms with E-state index in [0.29, 0.717) is 5.56 Å². The molecule has 1 heterocycles. The van der Waals surface area contributed by atoms with Crippen LogP contribution < -0.4 is 10.2 Å². The minimum Gasteiger partial charge on any atom is -0.497 e. The van der Waals surface area contributed by atoms with Crippen molar-refractivity contribution < 1.29 is 9.53 Å². The van der Waals surface area contributed by atoms with E-state index in [4.69, 9.17) is 4.74 Å². The van der Waals surface area contributed by atoms with E-state index in [1.807, 2.05) is 42.5 Å². The number of methoxy groups -OCH3 is 1. The topological polar surface area (TPSA) is 63.6 Å². The molecule has 0 aliphatic rings. The minimum atomic E-state index is -0.263. The van der Waals surface area contributed by atoms with Gasteiger partial charge in [-0.3, -0.25) is 9.78 Å². The first-order chi connectivity index (χ1) is 12.3. The third-order valence-electron chi connectivity index (χ3n) is 3.63. The molecule has 25 heavy (non-hydrogen) atoms. The lowest BCUT2D eigenvalue weighted by atomic mass is 10.0. The molecule has 0 saturated carbocycles. The van der Waals surface area contributed by atoms with Crippen LogP contribution in [0, 0.1) is 0 Å². The Labute approximate surface area is 146 Å². The van der Waals surface area contributed by atoms with Gasteiger partial charge in [-0.05, 0) is 53.1 Å². The van der Waals surface area contributed by atoms with Gasteiger partial charge >= 0.3 is 0 Å². The van der Waals surface area contributed by atoms with Crippen molar-refractivity contribution >= 4 is 12.1 Å². The molecule has 0 atom stereocenters. The normalized spacial score (nSPS) is 10.6. The number of pyridine rings is 1. The van der Waals surface area contributed by atoms with Gasteiger partial charge in [0.2, 0.25) is 0 Å². The smallest absolute Gasteiger partial charge is 0.271 e. The van der Waals surface area contributed by atoms with Crippen molar-refractivity contribution in [1.82, 2.24) is 10.4 Å². The summed E-state index contributed by atoms with van der Waals surface area (Å²) >= 11 is 0. The SMILES string of the molecule is COc1ccc(-c2cccc(C(=O)N/N=C/c3ccncc3)c2)cc1. The highest BCUT2D eigenvalue weighted by molar-refractivity contribution is 5.96. The van der Waals surface area contributed by atoms with E-state index in [-0.39, 0.29) is 5.91 Å². The van der Waals surface area contributed by atoms with Gasteiger partial charge in [0.05, 0.1) is 13.3 Å². The van der Waals surface area contributed by atoms with Gasteiger partial charge in [0, 0.05) is 18.0 Å². The van der Waals surface area contributed by atoms with E-state index in [1.165, 1.54) is 0 Å². The number of nitrogens with zero attached hydrogens (tertiary/aromatic N) is 2. The summed E-state index contributed by atoms with van der Waals surface area (Å²) in [6.07, 6.45) is 4.91. The van der Waals surface area contributed by atoms with E-state index in [0.717, 1.165) is 22.4 Å². The zero-order valence-corrected chi connectivity index (χ0v) is 13.7. The zero-order valence-electron chi connectivity index (χ0n) is 13.7. The molecule has 0 aliphatic carbocycles. The maximum Gasteiger partial charge on any atom is 0.271 e. The molecule has 0 bridgehead atoms. The van der Waals surface area contributed by atoms with Crippen molar-refractivity contribution in [2.45, 2.75) is 0 Å². The standard InChI is InChI=1S/C20H17N3O2/c1-25-19-7-5-16(6-8-19)17-3-2-4-18(13-17)20(24)23-22-14-15-9-11-21-12-10-15/h2-14H,1H3,(H,23,24)/b22-14+. The molecule has 3 aromatic rings. The molecule has 0 fully saturated rings. The molecule has 3 rings (SSSR count). The third kappa shape index (κ3) is 4.29. The third-order valence-corrected chi connectivity index (χ3v) is 3.63. The van der Waals surface area contributed by atoms with Crippen molar-refractivity contribution in [2.75, 3.05) is 7.11 Å². The lowest BCUT2D eigenvalue weighted by molar-refractivity contribution is 0.0955. The van der Waals surface area contributed by atoms with E-state index in [2.05, 4.69) is 15.5 Å². The molecule has 1 N–H and O–H groups in total. The van der Waals surface area contributed by atoms with Crippen molar-refractivity contribution in [3.8, 4) is 16.9 Å². The molecule has 124 valence electrons. The molecular weight excluding hydrogens is 314 g/mol. The molecule has 1 amide bonds. The Morgan fingerprint density at radius 1 is 1.04 bits per heavy atom. The molecule has 2 aromatic carbocycles. The van der Waals surface area contributed by atoms with Gasteiger partial charge in [-0.1, -0.05) is 24.3 Å². The molecule has 0 spiro atoms. The summed E-state index contributed by atoms with van der Waals surface area (Å²) in [5.41, 5.74) is 5.90. The molecule has 0 radical (unpaired) electrons. The van der Waals surface area contributed by atoms with Crippen LogP contribution in [0.25, 0.3) is 11.1 Å². The highest BCUT2D eigenvalue weighted by Crippen LogP contribution is 2.23. The first kappa shape index (κ1) is 16.4. The van der Waals surface area contributed by atoms with E-state index in [1.54, 1.807) is 43.9 Å². The average Bonchev–Trinajstić information content (AvgIpc) is 2.69. The van der Waals surface area contributed by atoms with Gasteiger partial charge in [0.1, 0.15) is 5.75 Å². The second-order valence-corrected chi connectivity index (χ2v) is 5.29. The van der Waals surface area contributed by atoms with Crippen LogP contribution in [0.15, 0.2) is 78.2 Å². The van der Waals surface area contributed by atoms with Gasteiger partial charge in [0.25, 0.3) is 5.91 Å². The second-order valence-electron chi connectivity index (χ2n) is 5.29. The summed E-state index contributed by atoms with van der Waals surface area (Å²) in [6.45, 7) is 0. The van der Waals surface area contributed by atoms with E-state index >= 15 is 0 Å². The largest absolute Gasteiger partial charge is 0.497 e. The lowest BCUT2D eigenvalue weighted by Gasteiger charge is -2.06. The summed E-state index contributed by atoms with van der Waals surface area (Å²) in [6, 6.07) is 18.7. The van der Waals surface area contributed by atoms with E-state index in [9.17, 15) is 4.79 Å². The first-order valence-corrected chi connectivity index (χ1v) is 7.74. The Bertz CT molecular complexity index is 875. The van der Waals surface area contributed by atoms with Gasteiger partial charge in [-0.2, -0.15) is 5.10 Å². The highest BCUT2D eigenvalue weighted by atomic mass is 16.5. The number of hydrogen-bond donors (Lipinski definition) is 1. The predicted octanol–water partition coefficient (Wildman–Crippen LogP) is 3.52. The van der Waals surface area contributed by atoms with Crippen LogP contribution in [0.3, 0.4) is 0 Å². The summed E-state index contributed by atoms with van der Waals surface area (Å²) in [5, 5.41) is 3.97. The Kier molecular flexibility index (Phi) is 5.16. The Morgan fingerprint density at radius 2 is 1.80 bits per heavy atom. The van der Waals surface area contributed by atoms with Crippen LogP contribution in [-0.4, -0.2) is 24.2 Å². The number of rotatable bonds is 5. The monoisotopic (exact) mass is 331 g/mol. The zero-order chi connectivity index (χ0) is 17.5. The van der Waals surface area contributed by atoms with Gasteiger partial charge in [0.15, 0.2) is 0 Å². The lowest BCUT2D eigenvalue weighted by Crippen LogP contribution is -2.17. The Balaban J connectivity index is 1.72. The number of hydrogen-bond acceptors (Lipinski definition) is 4. The maximum atomic E-state index is 12.3. The highest BCUT2D eigenvalue weighted by Gasteiger charge is 2.06. The quantitative estimate of drug-likeness (QED) is 0.575. The van der Waals surface area contributed by atoms with Crippen LogP contribution >= 0.6 is 0 Å². The molecule has 1 aromatic heterocycles. The number of ether oxygens (including phenoxy) is 1. The second kappa shape index (κ2) is 7.88. The number of carbonyl (C=O) groups is 1. The van der Waals surface area contributed by atoms with Crippen LogP contribution in [0.2, 0.25) is 0 Å². The van der Waals surface area contributed by atoms with Crippen molar-refractivity contribution in [1.29, 1.82) is 0 Å². The number of aromatic nitrogens is 1. The summed E-state index contributed by atoms with van der Waals surface area (Å²) in [5.74, 6) is 0.531. The van der Waals surface area contributed by atoms with Crippen molar-refractivity contribution in [2.24, 2.45) is 5.10 Å². The Morgan fingerprint density at radius 3 is 2.52 bits per heavy atom. The fourth-order valence-corrected chi connectivity index (χ4v) is 2.30. The summed E-state index contributed by atoms with van der Waals surface area (Å²) in [7, 11) is 1.63. The summed E-state index contributed by atoms with van der Waals surface area (Å²) < 4.78 is 5.16. The maximum absolute atomic E-state index is 12.3. The minimum absolute atomic E-state index is 0.263. The van der Waals surface area contributed by atoms with Gasteiger partial charge < -0.3 is 4.74 Å². The molecule has 5 heteroatoms. The summed E-state index contributed by atoms with van der Waals surface area (Å²) in [4.78, 5) is 16.2. The van der Waals surface area contributed by atoms with Crippen LogP contribution in [0.5, 0.6) is 5.75 Å². The molecule has 0 unspecified atom stereocenters. The fourth-order valence-electron chi connectivity index (χ4n) is 2.30. The number of benzene rings is 2.